The van der Waals surface area contributed by atoms with Gasteiger partial charge in [-0.2, -0.15) is 0 Å². The summed E-state index contributed by atoms with van der Waals surface area (Å²) >= 11 is 0. The summed E-state index contributed by atoms with van der Waals surface area (Å²) in [5.74, 6) is 0.581. The summed E-state index contributed by atoms with van der Waals surface area (Å²) < 4.78 is 17.4. The lowest BCUT2D eigenvalue weighted by Gasteiger charge is -2.31. The zero-order valence-electron chi connectivity index (χ0n) is 21.1. The first kappa shape index (κ1) is 24.3. The van der Waals surface area contributed by atoms with Gasteiger partial charge in [0.1, 0.15) is 24.2 Å². The zero-order chi connectivity index (χ0) is 24.6. The van der Waals surface area contributed by atoms with Crippen molar-refractivity contribution in [3.8, 4) is 11.5 Å². The summed E-state index contributed by atoms with van der Waals surface area (Å²) in [5.41, 5.74) is 4.53. The highest BCUT2D eigenvalue weighted by Crippen LogP contribution is 2.37. The maximum Gasteiger partial charge on any atom is 0.163 e. The number of aromatic hydroxyl groups is 1. The number of phenolic OH excluding ortho intramolecular Hbond substituents is 1. The van der Waals surface area contributed by atoms with E-state index >= 15 is 0 Å². The van der Waals surface area contributed by atoms with Crippen LogP contribution in [0.4, 0.5) is 0 Å². The van der Waals surface area contributed by atoms with Gasteiger partial charge in [0.2, 0.25) is 0 Å². The lowest BCUT2D eigenvalue weighted by Crippen LogP contribution is -2.25. The summed E-state index contributed by atoms with van der Waals surface area (Å²) in [5, 5.41) is 9.68. The maximum atomic E-state index is 9.68. The molecule has 1 saturated heterocycles. The first-order chi connectivity index (χ1) is 16.0. The SMILES string of the molecule is CC1(C)OCC(COc2ccc(C(C)(C)c3cccc(C(C)(C)c4ccc(O)cc4)c3)cc2)O1. The second-order valence-electron chi connectivity index (χ2n) is 10.7. The monoisotopic (exact) mass is 460 g/mol. The molecule has 4 nitrogen and oxygen atoms in total. The molecule has 180 valence electrons. The van der Waals surface area contributed by atoms with E-state index in [-0.39, 0.29) is 22.7 Å². The number of rotatable bonds is 7. The Balaban J connectivity index is 1.50. The molecular weight excluding hydrogens is 424 g/mol. The van der Waals surface area contributed by atoms with Crippen molar-refractivity contribution in [1.29, 1.82) is 0 Å². The number of hydrogen-bond donors (Lipinski definition) is 1. The van der Waals surface area contributed by atoms with Crippen molar-refractivity contribution in [2.75, 3.05) is 13.2 Å². The molecule has 3 aromatic carbocycles. The molecule has 1 aliphatic rings. The molecule has 1 atom stereocenters. The molecule has 34 heavy (non-hydrogen) atoms. The van der Waals surface area contributed by atoms with Gasteiger partial charge in [-0.3, -0.25) is 0 Å². The van der Waals surface area contributed by atoms with E-state index in [0.29, 0.717) is 13.2 Å². The molecule has 1 heterocycles. The number of phenols is 1. The molecule has 0 aliphatic carbocycles. The molecule has 0 amide bonds. The largest absolute Gasteiger partial charge is 0.508 e. The van der Waals surface area contributed by atoms with Crippen LogP contribution in [0.3, 0.4) is 0 Å². The van der Waals surface area contributed by atoms with Crippen molar-refractivity contribution in [2.45, 2.75) is 64.3 Å². The van der Waals surface area contributed by atoms with Crippen LogP contribution in [0.25, 0.3) is 0 Å². The number of benzene rings is 3. The highest BCUT2D eigenvalue weighted by Gasteiger charge is 2.33. The van der Waals surface area contributed by atoms with Gasteiger partial charge < -0.3 is 19.3 Å². The van der Waals surface area contributed by atoms with Crippen LogP contribution in [0.2, 0.25) is 0 Å². The van der Waals surface area contributed by atoms with Gasteiger partial charge in [0.05, 0.1) is 6.61 Å². The Morgan fingerprint density at radius 3 is 1.85 bits per heavy atom. The fraction of sp³-hybridized carbons (Fsp3) is 0.400. The lowest BCUT2D eigenvalue weighted by molar-refractivity contribution is -0.141. The van der Waals surface area contributed by atoms with Gasteiger partial charge in [-0.15, -0.1) is 0 Å². The molecule has 4 rings (SSSR count). The third-order valence-corrected chi connectivity index (χ3v) is 6.97. The van der Waals surface area contributed by atoms with E-state index in [0.717, 1.165) is 5.75 Å². The Bertz CT molecular complexity index is 1110. The summed E-state index contributed by atoms with van der Waals surface area (Å²) in [7, 11) is 0. The normalized spacial score (nSPS) is 18.1. The Hall–Kier alpha value is -2.82. The highest BCUT2D eigenvalue weighted by molar-refractivity contribution is 5.46. The summed E-state index contributed by atoms with van der Waals surface area (Å²) in [4.78, 5) is 0. The zero-order valence-corrected chi connectivity index (χ0v) is 21.1. The molecule has 0 aromatic heterocycles. The molecule has 4 heteroatoms. The minimum Gasteiger partial charge on any atom is -0.508 e. The van der Waals surface area contributed by atoms with Crippen molar-refractivity contribution >= 4 is 0 Å². The fourth-order valence-corrected chi connectivity index (χ4v) is 4.51. The number of hydrogen-bond acceptors (Lipinski definition) is 4. The second kappa shape index (κ2) is 9.09. The topological polar surface area (TPSA) is 47.9 Å². The van der Waals surface area contributed by atoms with Crippen LogP contribution in [0, 0.1) is 0 Å². The van der Waals surface area contributed by atoms with Crippen molar-refractivity contribution in [3.63, 3.8) is 0 Å². The second-order valence-corrected chi connectivity index (χ2v) is 10.7. The van der Waals surface area contributed by atoms with Crippen LogP contribution in [0.15, 0.2) is 72.8 Å². The van der Waals surface area contributed by atoms with Crippen molar-refractivity contribution in [1.82, 2.24) is 0 Å². The molecule has 1 N–H and O–H groups in total. The predicted molar refractivity (Wildman–Crippen MR) is 136 cm³/mol. The van der Waals surface area contributed by atoms with E-state index in [1.165, 1.54) is 22.3 Å². The molecule has 1 fully saturated rings. The quantitative estimate of drug-likeness (QED) is 0.433. The molecule has 1 unspecified atom stereocenters. The summed E-state index contributed by atoms with van der Waals surface area (Å²) in [6, 6.07) is 24.7. The van der Waals surface area contributed by atoms with Crippen molar-refractivity contribution in [3.05, 3.63) is 95.1 Å². The average Bonchev–Trinajstić information content (AvgIpc) is 3.17. The van der Waals surface area contributed by atoms with Gasteiger partial charge >= 0.3 is 0 Å². The molecule has 0 spiro atoms. The van der Waals surface area contributed by atoms with Crippen molar-refractivity contribution in [2.24, 2.45) is 0 Å². The molecule has 0 radical (unpaired) electrons. The van der Waals surface area contributed by atoms with Gasteiger partial charge in [-0.1, -0.05) is 76.2 Å². The Labute approximate surface area is 203 Å². The van der Waals surface area contributed by atoms with E-state index in [1.807, 2.05) is 38.1 Å². The summed E-state index contributed by atoms with van der Waals surface area (Å²) in [6.07, 6.45) is -0.0502. The predicted octanol–water partition coefficient (Wildman–Crippen LogP) is 6.57. The fourth-order valence-electron chi connectivity index (χ4n) is 4.51. The molecular formula is C30H36O4. The highest BCUT2D eigenvalue weighted by atomic mass is 16.7. The third-order valence-electron chi connectivity index (χ3n) is 6.97. The Morgan fingerprint density at radius 1 is 0.824 bits per heavy atom. The smallest absolute Gasteiger partial charge is 0.163 e. The van der Waals surface area contributed by atoms with Crippen LogP contribution in [-0.4, -0.2) is 30.2 Å². The van der Waals surface area contributed by atoms with Gasteiger partial charge in [-0.25, -0.2) is 0 Å². The van der Waals surface area contributed by atoms with Gasteiger partial charge in [0.25, 0.3) is 0 Å². The van der Waals surface area contributed by atoms with E-state index in [9.17, 15) is 5.11 Å². The van der Waals surface area contributed by atoms with Crippen LogP contribution in [0.1, 0.15) is 63.8 Å². The van der Waals surface area contributed by atoms with E-state index in [4.69, 9.17) is 14.2 Å². The third kappa shape index (κ3) is 5.13. The minimum atomic E-state index is -0.534. The van der Waals surface area contributed by atoms with Crippen LogP contribution < -0.4 is 4.74 Å². The first-order valence-corrected chi connectivity index (χ1v) is 11.9. The first-order valence-electron chi connectivity index (χ1n) is 11.9. The lowest BCUT2D eigenvalue weighted by atomic mass is 9.73. The number of ether oxygens (including phenoxy) is 3. The van der Waals surface area contributed by atoms with E-state index < -0.39 is 5.79 Å². The van der Waals surface area contributed by atoms with E-state index in [2.05, 4.69) is 64.1 Å². The van der Waals surface area contributed by atoms with Crippen LogP contribution in [-0.2, 0) is 20.3 Å². The Morgan fingerprint density at radius 2 is 1.35 bits per heavy atom. The Kier molecular flexibility index (Phi) is 6.50. The molecule has 0 saturated carbocycles. The standard InChI is InChI=1S/C30H36O4/c1-28(2,21-10-14-25(31)15-11-21)23-8-7-9-24(18-23)29(3,4)22-12-16-26(17-13-22)32-19-27-20-33-30(5,6)34-27/h7-18,27,31H,19-20H2,1-6H3. The minimum absolute atomic E-state index is 0.0502. The van der Waals surface area contributed by atoms with E-state index in [1.54, 1.807) is 12.1 Å². The molecule has 0 bridgehead atoms. The maximum absolute atomic E-state index is 9.68. The van der Waals surface area contributed by atoms with Gasteiger partial charge in [0, 0.05) is 10.8 Å². The molecule has 3 aromatic rings. The van der Waals surface area contributed by atoms with Crippen LogP contribution in [0.5, 0.6) is 11.5 Å². The average molecular weight is 461 g/mol. The van der Waals surface area contributed by atoms with Crippen molar-refractivity contribution < 1.29 is 19.3 Å². The summed E-state index contributed by atoms with van der Waals surface area (Å²) in [6.45, 7) is 13.8. The van der Waals surface area contributed by atoms with Crippen LogP contribution >= 0.6 is 0 Å². The molecule has 1 aliphatic heterocycles. The van der Waals surface area contributed by atoms with Gasteiger partial charge in [-0.05, 0) is 60.4 Å². The van der Waals surface area contributed by atoms with Gasteiger partial charge in [0.15, 0.2) is 5.79 Å².